The van der Waals surface area contributed by atoms with Crippen LogP contribution >= 0.6 is 0 Å². The predicted molar refractivity (Wildman–Crippen MR) is 106 cm³/mol. The minimum Gasteiger partial charge on any atom is -0.356 e. The second kappa shape index (κ2) is 8.61. The minimum atomic E-state index is -0.409. The Hall–Kier alpha value is -3.28. The van der Waals surface area contributed by atoms with Gasteiger partial charge in [0.25, 0.3) is 5.56 Å². The topological polar surface area (TPSA) is 79.0 Å². The van der Waals surface area contributed by atoms with Crippen LogP contribution in [0.15, 0.2) is 53.3 Å². The van der Waals surface area contributed by atoms with E-state index in [1.807, 2.05) is 31.2 Å². The molecule has 0 saturated heterocycles. The van der Waals surface area contributed by atoms with Gasteiger partial charge in [0.2, 0.25) is 5.91 Å². The first-order valence-electron chi connectivity index (χ1n) is 9.10. The molecule has 0 atom stereocenters. The molecule has 0 aliphatic carbocycles. The number of aromatic nitrogens is 1. The van der Waals surface area contributed by atoms with E-state index in [1.165, 1.54) is 24.3 Å². The third-order valence-electron chi connectivity index (χ3n) is 4.54. The van der Waals surface area contributed by atoms with E-state index in [0.29, 0.717) is 24.1 Å². The molecule has 2 aromatic carbocycles. The summed E-state index contributed by atoms with van der Waals surface area (Å²) >= 11 is 0. The highest BCUT2D eigenvalue weighted by molar-refractivity contribution is 5.97. The number of aromatic amines is 1. The van der Waals surface area contributed by atoms with Crippen molar-refractivity contribution in [1.82, 2.24) is 10.3 Å². The predicted octanol–water partition coefficient (Wildman–Crippen LogP) is 3.30. The largest absolute Gasteiger partial charge is 0.356 e. The Morgan fingerprint density at radius 2 is 1.79 bits per heavy atom. The smallest absolute Gasteiger partial charge is 0.251 e. The summed E-state index contributed by atoms with van der Waals surface area (Å²) in [5.74, 6) is -0.882. The molecule has 1 amide bonds. The van der Waals surface area contributed by atoms with E-state index < -0.39 is 5.82 Å². The van der Waals surface area contributed by atoms with Crippen molar-refractivity contribution in [3.05, 3.63) is 81.4 Å². The van der Waals surface area contributed by atoms with Crippen molar-refractivity contribution in [3.8, 4) is 0 Å². The average Bonchev–Trinajstić information content (AvgIpc) is 2.67. The normalized spacial score (nSPS) is 10.8. The second-order valence-electron chi connectivity index (χ2n) is 6.74. The van der Waals surface area contributed by atoms with Gasteiger partial charge in [-0.1, -0.05) is 12.1 Å². The molecule has 0 unspecified atom stereocenters. The van der Waals surface area contributed by atoms with Gasteiger partial charge in [-0.3, -0.25) is 14.4 Å². The highest BCUT2D eigenvalue weighted by Crippen LogP contribution is 2.13. The lowest BCUT2D eigenvalue weighted by atomic mass is 10.1. The van der Waals surface area contributed by atoms with E-state index in [2.05, 4.69) is 10.3 Å². The van der Waals surface area contributed by atoms with Gasteiger partial charge in [-0.05, 0) is 60.7 Å². The fourth-order valence-electron chi connectivity index (χ4n) is 2.98. The van der Waals surface area contributed by atoms with E-state index >= 15 is 0 Å². The fraction of sp³-hybridized carbons (Fsp3) is 0.227. The van der Waals surface area contributed by atoms with Gasteiger partial charge < -0.3 is 10.3 Å². The van der Waals surface area contributed by atoms with Crippen molar-refractivity contribution >= 4 is 22.6 Å². The van der Waals surface area contributed by atoms with Gasteiger partial charge in [-0.25, -0.2) is 4.39 Å². The molecule has 3 aromatic rings. The number of Topliss-reactive ketones (excluding diaryl/α,β-unsaturated/α-hetero) is 1. The van der Waals surface area contributed by atoms with Gasteiger partial charge in [-0.2, -0.15) is 0 Å². The Morgan fingerprint density at radius 1 is 1.04 bits per heavy atom. The Balaban J connectivity index is 1.50. The number of nitrogens with one attached hydrogen (secondary N) is 2. The lowest BCUT2D eigenvalue weighted by molar-refractivity contribution is -0.121. The number of amides is 1. The zero-order valence-corrected chi connectivity index (χ0v) is 15.5. The molecule has 1 heterocycles. The zero-order chi connectivity index (χ0) is 20.1. The monoisotopic (exact) mass is 380 g/mol. The third-order valence-corrected chi connectivity index (χ3v) is 4.54. The number of hydrogen-bond acceptors (Lipinski definition) is 3. The first kappa shape index (κ1) is 19.5. The quantitative estimate of drug-likeness (QED) is 0.617. The number of fused-ring (bicyclic) bond motifs is 1. The standard InChI is InChI=1S/C22H21FN2O3/c1-14-2-3-16-13-17(22(28)25-19(16)12-14)10-11-24-21(27)9-8-20(26)15-4-6-18(23)7-5-15/h2-7,12-13H,8-11H2,1H3,(H,24,27)(H,25,28). The molecule has 2 N–H and O–H groups in total. The molecule has 5 nitrogen and oxygen atoms in total. The van der Waals surface area contributed by atoms with Crippen molar-refractivity contribution in [2.75, 3.05) is 6.54 Å². The molecule has 0 fully saturated rings. The molecule has 0 aliphatic rings. The van der Waals surface area contributed by atoms with Gasteiger partial charge >= 0.3 is 0 Å². The Morgan fingerprint density at radius 3 is 2.54 bits per heavy atom. The van der Waals surface area contributed by atoms with Gasteiger partial charge in [-0.15, -0.1) is 0 Å². The van der Waals surface area contributed by atoms with Crippen molar-refractivity contribution < 1.29 is 14.0 Å². The first-order chi connectivity index (χ1) is 13.4. The van der Waals surface area contributed by atoms with Crippen LogP contribution in [0.2, 0.25) is 0 Å². The summed E-state index contributed by atoms with van der Waals surface area (Å²) in [6.45, 7) is 2.27. The van der Waals surface area contributed by atoms with Gasteiger partial charge in [0, 0.05) is 36.0 Å². The molecule has 0 bridgehead atoms. The van der Waals surface area contributed by atoms with Crippen molar-refractivity contribution in [3.63, 3.8) is 0 Å². The van der Waals surface area contributed by atoms with Crippen molar-refractivity contribution in [1.29, 1.82) is 0 Å². The molecule has 1 aromatic heterocycles. The number of carbonyl (C=O) groups excluding carboxylic acids is 2. The zero-order valence-electron chi connectivity index (χ0n) is 15.5. The lowest BCUT2D eigenvalue weighted by Gasteiger charge is -2.07. The van der Waals surface area contributed by atoms with Gasteiger partial charge in [0.05, 0.1) is 0 Å². The SMILES string of the molecule is Cc1ccc2cc(CCNC(=O)CCC(=O)c3ccc(F)cc3)c(=O)[nH]c2c1. The molecule has 28 heavy (non-hydrogen) atoms. The summed E-state index contributed by atoms with van der Waals surface area (Å²) in [5, 5.41) is 3.67. The Kier molecular flexibility index (Phi) is 5.99. The third kappa shape index (κ3) is 4.91. The van der Waals surface area contributed by atoms with Crippen molar-refractivity contribution in [2.45, 2.75) is 26.2 Å². The fourth-order valence-corrected chi connectivity index (χ4v) is 2.98. The molecule has 6 heteroatoms. The summed E-state index contributed by atoms with van der Waals surface area (Å²) in [4.78, 5) is 39.0. The Labute approximate surface area is 161 Å². The van der Waals surface area contributed by atoms with Crippen molar-refractivity contribution in [2.24, 2.45) is 0 Å². The van der Waals surface area contributed by atoms with Gasteiger partial charge in [0.15, 0.2) is 5.78 Å². The van der Waals surface area contributed by atoms with E-state index in [-0.39, 0.29) is 30.1 Å². The Bertz CT molecular complexity index is 1070. The number of rotatable bonds is 7. The molecule has 0 aliphatic heterocycles. The van der Waals surface area contributed by atoms with E-state index in [9.17, 15) is 18.8 Å². The maximum Gasteiger partial charge on any atom is 0.251 e. The number of pyridine rings is 1. The van der Waals surface area contributed by atoms with Crippen LogP contribution in [0.3, 0.4) is 0 Å². The minimum absolute atomic E-state index is 0.0452. The van der Waals surface area contributed by atoms with Crippen LogP contribution in [-0.2, 0) is 11.2 Å². The maximum atomic E-state index is 12.9. The molecule has 3 rings (SSSR count). The lowest BCUT2D eigenvalue weighted by Crippen LogP contribution is -2.27. The van der Waals surface area contributed by atoms with E-state index in [0.717, 1.165) is 16.5 Å². The summed E-state index contributed by atoms with van der Waals surface area (Å²) in [6.07, 6.45) is 0.494. The summed E-state index contributed by atoms with van der Waals surface area (Å²) in [6, 6.07) is 12.9. The number of benzene rings is 2. The van der Waals surface area contributed by atoms with Gasteiger partial charge in [0.1, 0.15) is 5.82 Å². The maximum absolute atomic E-state index is 12.9. The first-order valence-corrected chi connectivity index (χ1v) is 9.10. The molecule has 0 saturated carbocycles. The van der Waals surface area contributed by atoms with E-state index in [1.54, 1.807) is 0 Å². The number of halogens is 1. The molecule has 0 spiro atoms. The number of carbonyl (C=O) groups is 2. The van der Waals surface area contributed by atoms with E-state index in [4.69, 9.17) is 0 Å². The van der Waals surface area contributed by atoms with Crippen LogP contribution in [0.1, 0.15) is 34.3 Å². The van der Waals surface area contributed by atoms with Crippen LogP contribution < -0.4 is 10.9 Å². The molecular formula is C22H21FN2O3. The van der Waals surface area contributed by atoms with Crippen LogP contribution in [0.5, 0.6) is 0 Å². The van der Waals surface area contributed by atoms with Crippen LogP contribution in [0.25, 0.3) is 10.9 Å². The highest BCUT2D eigenvalue weighted by Gasteiger charge is 2.10. The van der Waals surface area contributed by atoms with Crippen LogP contribution in [-0.4, -0.2) is 23.2 Å². The summed E-state index contributed by atoms with van der Waals surface area (Å²) < 4.78 is 12.9. The molecular weight excluding hydrogens is 359 g/mol. The summed E-state index contributed by atoms with van der Waals surface area (Å²) in [5.41, 5.74) is 2.67. The summed E-state index contributed by atoms with van der Waals surface area (Å²) in [7, 11) is 0. The van der Waals surface area contributed by atoms with Crippen LogP contribution in [0, 0.1) is 12.7 Å². The van der Waals surface area contributed by atoms with Crippen LogP contribution in [0.4, 0.5) is 4.39 Å². The highest BCUT2D eigenvalue weighted by atomic mass is 19.1. The number of ketones is 1. The molecule has 0 radical (unpaired) electrons. The molecule has 144 valence electrons. The number of H-pyrrole nitrogens is 1. The second-order valence-corrected chi connectivity index (χ2v) is 6.74. The number of aryl methyl sites for hydroxylation is 1. The number of hydrogen-bond donors (Lipinski definition) is 2. The average molecular weight is 380 g/mol.